The number of hydrogen-bond acceptors (Lipinski definition) is 5. The van der Waals surface area contributed by atoms with Crippen LogP contribution in [0.5, 0.6) is 0 Å². The molecule has 1 amide bonds. The number of halogens is 1. The normalized spacial score (nSPS) is 24.2. The van der Waals surface area contributed by atoms with Crippen LogP contribution in [0.4, 0.5) is 4.39 Å². The highest BCUT2D eigenvalue weighted by Gasteiger charge is 2.58. The van der Waals surface area contributed by atoms with Gasteiger partial charge in [-0.1, -0.05) is 24.3 Å². The maximum atomic E-state index is 13.9. The number of nitrogens with one attached hydrogen (secondary N) is 1. The van der Waals surface area contributed by atoms with Gasteiger partial charge >= 0.3 is 0 Å². The lowest BCUT2D eigenvalue weighted by Crippen LogP contribution is -2.53. The highest BCUT2D eigenvalue weighted by Crippen LogP contribution is 2.49. The second-order valence-electron chi connectivity index (χ2n) is 6.92. The summed E-state index contributed by atoms with van der Waals surface area (Å²) in [4.78, 5) is 21.6. The van der Waals surface area contributed by atoms with Gasteiger partial charge < -0.3 is 0 Å². The third kappa shape index (κ3) is 3.26. The summed E-state index contributed by atoms with van der Waals surface area (Å²) in [6.45, 7) is 6.40. The molecule has 1 N–H and O–H groups in total. The van der Waals surface area contributed by atoms with E-state index >= 15 is 0 Å². The first-order valence-electron chi connectivity index (χ1n) is 8.97. The third-order valence-electron chi connectivity index (χ3n) is 5.21. The van der Waals surface area contributed by atoms with Crippen molar-refractivity contribution in [3.63, 3.8) is 0 Å². The van der Waals surface area contributed by atoms with E-state index in [1.807, 2.05) is 12.1 Å². The van der Waals surface area contributed by atoms with Crippen molar-refractivity contribution >= 4 is 34.6 Å². The summed E-state index contributed by atoms with van der Waals surface area (Å²) >= 11 is 6.63. The summed E-state index contributed by atoms with van der Waals surface area (Å²) < 4.78 is 13.9. The Morgan fingerprint density at radius 3 is 2.86 bits per heavy atom. The fourth-order valence-corrected chi connectivity index (χ4v) is 5.28. The van der Waals surface area contributed by atoms with E-state index < -0.39 is 5.54 Å². The molecule has 0 saturated carbocycles. The highest BCUT2D eigenvalue weighted by molar-refractivity contribution is 7.80. The van der Waals surface area contributed by atoms with Crippen molar-refractivity contribution in [3.05, 3.63) is 70.7 Å². The van der Waals surface area contributed by atoms with Gasteiger partial charge in [-0.15, -0.1) is 17.9 Å². The summed E-state index contributed by atoms with van der Waals surface area (Å²) in [6, 6.07) is 12.1. The molecule has 4 rings (SSSR count). The number of benzene rings is 1. The molecule has 2 unspecified atom stereocenters. The van der Waals surface area contributed by atoms with Crippen molar-refractivity contribution < 1.29 is 14.0 Å². The zero-order valence-corrected chi connectivity index (χ0v) is 16.8. The van der Waals surface area contributed by atoms with Gasteiger partial charge in [0.1, 0.15) is 5.54 Å². The molecule has 0 spiro atoms. The van der Waals surface area contributed by atoms with Gasteiger partial charge in [0, 0.05) is 36.0 Å². The number of hydroxylamine groups is 2. The predicted octanol–water partition coefficient (Wildman–Crippen LogP) is 3.16. The van der Waals surface area contributed by atoms with Crippen LogP contribution in [-0.4, -0.2) is 47.2 Å². The Morgan fingerprint density at radius 1 is 1.39 bits per heavy atom. The topological polar surface area (TPSA) is 44.8 Å². The molecule has 0 aliphatic carbocycles. The van der Waals surface area contributed by atoms with Crippen LogP contribution in [0.2, 0.25) is 0 Å². The number of hydrogen-bond donors (Lipinski definition) is 1. The number of rotatable bonds is 4. The third-order valence-corrected chi connectivity index (χ3v) is 6.52. The van der Waals surface area contributed by atoms with Crippen molar-refractivity contribution in [2.45, 2.75) is 5.54 Å². The largest absolute Gasteiger partial charge is 0.297 e. The first kappa shape index (κ1) is 19.2. The summed E-state index contributed by atoms with van der Waals surface area (Å²) in [7, 11) is 0. The van der Waals surface area contributed by atoms with Crippen LogP contribution < -0.4 is 5.32 Å². The number of fused-ring (bicyclic) bond motifs is 1. The minimum Gasteiger partial charge on any atom is -0.297 e. The molecule has 2 saturated heterocycles. The second-order valence-corrected chi connectivity index (χ2v) is 8.34. The molecule has 8 heteroatoms. The van der Waals surface area contributed by atoms with E-state index in [9.17, 15) is 9.18 Å². The number of nitrogens with zero attached hydrogens (tertiary/aromatic N) is 2. The SMILES string of the molecule is C=CCN1CC2CON(C(=S)NC(=O)c3ccccc3)C2(c2ccc(F)s2)C1. The van der Waals surface area contributed by atoms with E-state index in [2.05, 4.69) is 16.8 Å². The molecule has 2 aromatic rings. The zero-order chi connectivity index (χ0) is 19.7. The summed E-state index contributed by atoms with van der Waals surface area (Å²) in [5.74, 6) is -0.191. The minimum absolute atomic E-state index is 0.108. The summed E-state index contributed by atoms with van der Waals surface area (Å²) in [5, 5.41) is 4.30. The Bertz CT molecular complexity index is 904. The fourth-order valence-electron chi connectivity index (χ4n) is 3.99. The number of likely N-dealkylation sites (tertiary alicyclic amines) is 1. The Hall–Kier alpha value is -2.13. The molecule has 146 valence electrons. The van der Waals surface area contributed by atoms with Gasteiger partial charge in [0.15, 0.2) is 5.13 Å². The van der Waals surface area contributed by atoms with Crippen LogP contribution in [0, 0.1) is 11.0 Å². The van der Waals surface area contributed by atoms with E-state index in [0.29, 0.717) is 18.7 Å². The van der Waals surface area contributed by atoms with Gasteiger partial charge in [-0.05, 0) is 36.5 Å². The van der Waals surface area contributed by atoms with Crippen LogP contribution >= 0.6 is 23.6 Å². The van der Waals surface area contributed by atoms with E-state index in [-0.39, 0.29) is 22.1 Å². The molecule has 2 atom stereocenters. The number of thiocarbonyl (C=S) groups is 1. The molecule has 0 bridgehead atoms. The van der Waals surface area contributed by atoms with Gasteiger partial charge in [-0.3, -0.25) is 19.8 Å². The van der Waals surface area contributed by atoms with Gasteiger partial charge in [-0.25, -0.2) is 5.06 Å². The maximum absolute atomic E-state index is 13.9. The van der Waals surface area contributed by atoms with Crippen molar-refractivity contribution in [1.29, 1.82) is 0 Å². The van der Waals surface area contributed by atoms with Crippen LogP contribution in [0.25, 0.3) is 0 Å². The predicted molar refractivity (Wildman–Crippen MR) is 110 cm³/mol. The lowest BCUT2D eigenvalue weighted by atomic mass is 9.87. The smallest absolute Gasteiger partial charge is 0.257 e. The maximum Gasteiger partial charge on any atom is 0.257 e. The van der Waals surface area contributed by atoms with Gasteiger partial charge in [0.2, 0.25) is 5.11 Å². The highest BCUT2D eigenvalue weighted by atomic mass is 32.1. The zero-order valence-electron chi connectivity index (χ0n) is 15.1. The lowest BCUT2D eigenvalue weighted by Gasteiger charge is -2.36. The lowest BCUT2D eigenvalue weighted by molar-refractivity contribution is -0.104. The number of carbonyl (C=O) groups is 1. The van der Waals surface area contributed by atoms with Crippen molar-refractivity contribution in [2.24, 2.45) is 5.92 Å². The van der Waals surface area contributed by atoms with Crippen molar-refractivity contribution in [1.82, 2.24) is 15.3 Å². The molecule has 2 fully saturated rings. The Morgan fingerprint density at radius 2 is 2.18 bits per heavy atom. The average molecular weight is 418 g/mol. The monoisotopic (exact) mass is 417 g/mol. The number of thiophene rings is 1. The molecule has 0 radical (unpaired) electrons. The van der Waals surface area contributed by atoms with Crippen LogP contribution in [0.3, 0.4) is 0 Å². The Labute approximate surface area is 172 Å². The van der Waals surface area contributed by atoms with Crippen LogP contribution in [-0.2, 0) is 10.4 Å². The van der Waals surface area contributed by atoms with Crippen molar-refractivity contribution in [3.8, 4) is 0 Å². The van der Waals surface area contributed by atoms with Crippen LogP contribution in [0.1, 0.15) is 15.2 Å². The quantitative estimate of drug-likeness (QED) is 0.612. The molecule has 2 aliphatic heterocycles. The second kappa shape index (κ2) is 7.71. The summed E-state index contributed by atoms with van der Waals surface area (Å²) in [5.41, 5.74) is -0.115. The molecule has 28 heavy (non-hydrogen) atoms. The molecule has 5 nitrogen and oxygen atoms in total. The summed E-state index contributed by atoms with van der Waals surface area (Å²) in [6.07, 6.45) is 1.85. The van der Waals surface area contributed by atoms with Gasteiger partial charge in [0.05, 0.1) is 6.61 Å². The van der Waals surface area contributed by atoms with E-state index in [0.717, 1.165) is 29.3 Å². The van der Waals surface area contributed by atoms with Crippen molar-refractivity contribution in [2.75, 3.05) is 26.2 Å². The number of amides is 1. The average Bonchev–Trinajstić information content (AvgIpc) is 3.36. The molecule has 3 heterocycles. The fraction of sp³-hybridized carbons (Fsp3) is 0.300. The number of carbonyl (C=O) groups excluding carboxylic acids is 1. The molecule has 1 aromatic carbocycles. The van der Waals surface area contributed by atoms with E-state index in [4.69, 9.17) is 17.1 Å². The molecule has 2 aliphatic rings. The van der Waals surface area contributed by atoms with E-state index in [1.165, 1.54) is 6.07 Å². The Kier molecular flexibility index (Phi) is 5.29. The molecular weight excluding hydrogens is 397 g/mol. The standard InChI is InChI=1S/C20H20FN3O2S2/c1-2-10-23-11-15-12-26-24(20(15,13-23)16-8-9-17(21)28-16)19(27)22-18(25)14-6-4-3-5-7-14/h2-9,15H,1,10-13H2,(H,22,25,27). The van der Waals surface area contributed by atoms with Crippen LogP contribution in [0.15, 0.2) is 55.1 Å². The van der Waals surface area contributed by atoms with Gasteiger partial charge in [0.25, 0.3) is 5.91 Å². The first-order valence-corrected chi connectivity index (χ1v) is 10.2. The van der Waals surface area contributed by atoms with E-state index in [1.54, 1.807) is 35.4 Å². The van der Waals surface area contributed by atoms with Gasteiger partial charge in [-0.2, -0.15) is 4.39 Å². The first-order chi connectivity index (χ1) is 13.5. The Balaban J connectivity index is 1.63. The molecular formula is C20H20FN3O2S2. The molecule has 1 aromatic heterocycles. The minimum atomic E-state index is -0.626.